The maximum absolute atomic E-state index is 12.6. The molecule has 1 aromatic carbocycles. The number of carbonyl (C=O) groups excluding carboxylic acids is 2. The van der Waals surface area contributed by atoms with Gasteiger partial charge in [0.25, 0.3) is 0 Å². The van der Waals surface area contributed by atoms with Crippen molar-refractivity contribution in [3.05, 3.63) is 28.8 Å². The topological polar surface area (TPSA) is 75.9 Å². The number of piperidine rings is 1. The summed E-state index contributed by atoms with van der Waals surface area (Å²) in [4.78, 5) is 27.8. The standard InChI is InChI=1S/C18H24ClN3O3/c1-12-9-21(10-14-8-15(19)2-3-16(14)25-12)11-17(23)22-6-4-13(5-7-22)18(20)24/h2-3,8,12-13H,4-7,9-11H2,1H3,(H2,20,24). The van der Waals surface area contributed by atoms with Crippen LogP contribution in [0.1, 0.15) is 25.3 Å². The quantitative estimate of drug-likeness (QED) is 0.883. The Bertz CT molecular complexity index is 659. The molecule has 25 heavy (non-hydrogen) atoms. The van der Waals surface area contributed by atoms with Gasteiger partial charge < -0.3 is 15.4 Å². The minimum Gasteiger partial charge on any atom is -0.489 e. The third kappa shape index (κ3) is 4.44. The van der Waals surface area contributed by atoms with E-state index in [2.05, 4.69) is 4.90 Å². The molecule has 0 bridgehead atoms. The fourth-order valence-electron chi connectivity index (χ4n) is 3.53. The van der Waals surface area contributed by atoms with Gasteiger partial charge in [0.2, 0.25) is 11.8 Å². The number of nitrogens with two attached hydrogens (primary N) is 1. The predicted octanol–water partition coefficient (Wildman–Crippen LogP) is 1.65. The average Bonchev–Trinajstić information content (AvgIpc) is 2.72. The second-order valence-corrected chi connectivity index (χ2v) is 7.34. The van der Waals surface area contributed by atoms with E-state index in [1.807, 2.05) is 30.0 Å². The molecule has 7 heteroatoms. The Morgan fingerprint density at radius 3 is 2.72 bits per heavy atom. The van der Waals surface area contributed by atoms with E-state index >= 15 is 0 Å². The van der Waals surface area contributed by atoms with Crippen LogP contribution in [0.3, 0.4) is 0 Å². The van der Waals surface area contributed by atoms with Crippen LogP contribution in [0, 0.1) is 5.92 Å². The van der Waals surface area contributed by atoms with Crippen molar-refractivity contribution >= 4 is 23.4 Å². The van der Waals surface area contributed by atoms with Gasteiger partial charge in [-0.1, -0.05) is 11.6 Å². The van der Waals surface area contributed by atoms with Crippen LogP contribution < -0.4 is 10.5 Å². The molecule has 2 N–H and O–H groups in total. The number of hydrogen-bond donors (Lipinski definition) is 1. The van der Waals surface area contributed by atoms with Crippen LogP contribution in [0.25, 0.3) is 0 Å². The third-order valence-electron chi connectivity index (χ3n) is 4.87. The number of primary amides is 1. The molecule has 2 aliphatic rings. The lowest BCUT2D eigenvalue weighted by Gasteiger charge is -2.32. The van der Waals surface area contributed by atoms with Gasteiger partial charge in [-0.05, 0) is 38.0 Å². The highest BCUT2D eigenvalue weighted by molar-refractivity contribution is 6.30. The van der Waals surface area contributed by atoms with E-state index in [4.69, 9.17) is 22.1 Å². The molecule has 0 radical (unpaired) electrons. The smallest absolute Gasteiger partial charge is 0.236 e. The molecule has 0 saturated carbocycles. The van der Waals surface area contributed by atoms with Gasteiger partial charge in [0.15, 0.2) is 0 Å². The van der Waals surface area contributed by atoms with E-state index in [1.165, 1.54) is 0 Å². The summed E-state index contributed by atoms with van der Waals surface area (Å²) < 4.78 is 5.93. The van der Waals surface area contributed by atoms with Gasteiger partial charge in [0.1, 0.15) is 11.9 Å². The molecule has 1 saturated heterocycles. The molecular formula is C18H24ClN3O3. The summed E-state index contributed by atoms with van der Waals surface area (Å²) in [6, 6.07) is 5.59. The summed E-state index contributed by atoms with van der Waals surface area (Å²) in [6.45, 7) is 4.82. The average molecular weight is 366 g/mol. The fraction of sp³-hybridized carbons (Fsp3) is 0.556. The van der Waals surface area contributed by atoms with Crippen LogP contribution >= 0.6 is 11.6 Å². The Morgan fingerprint density at radius 2 is 2.04 bits per heavy atom. The van der Waals surface area contributed by atoms with E-state index in [9.17, 15) is 9.59 Å². The molecule has 2 heterocycles. The number of nitrogens with zero attached hydrogens (tertiary/aromatic N) is 2. The predicted molar refractivity (Wildman–Crippen MR) is 95.3 cm³/mol. The molecule has 1 fully saturated rings. The lowest BCUT2D eigenvalue weighted by atomic mass is 9.96. The summed E-state index contributed by atoms with van der Waals surface area (Å²) in [5, 5.41) is 0.664. The number of fused-ring (bicyclic) bond motifs is 1. The van der Waals surface area contributed by atoms with Gasteiger partial charge in [-0.3, -0.25) is 14.5 Å². The van der Waals surface area contributed by atoms with Crippen molar-refractivity contribution in [2.75, 3.05) is 26.2 Å². The second-order valence-electron chi connectivity index (χ2n) is 6.91. The molecule has 2 aliphatic heterocycles. The Labute approximate surface area is 152 Å². The first-order chi connectivity index (χ1) is 11.9. The molecule has 6 nitrogen and oxygen atoms in total. The summed E-state index contributed by atoms with van der Waals surface area (Å²) in [7, 11) is 0. The van der Waals surface area contributed by atoms with Gasteiger partial charge in [-0.2, -0.15) is 0 Å². The van der Waals surface area contributed by atoms with E-state index in [1.54, 1.807) is 0 Å². The maximum atomic E-state index is 12.6. The van der Waals surface area contributed by atoms with Crippen LogP contribution in [0.4, 0.5) is 0 Å². The minimum atomic E-state index is -0.265. The highest BCUT2D eigenvalue weighted by Gasteiger charge is 2.28. The van der Waals surface area contributed by atoms with Crippen molar-refractivity contribution < 1.29 is 14.3 Å². The molecule has 0 aromatic heterocycles. The van der Waals surface area contributed by atoms with Gasteiger partial charge in [-0.25, -0.2) is 0 Å². The van der Waals surface area contributed by atoms with Gasteiger partial charge in [0.05, 0.1) is 6.54 Å². The summed E-state index contributed by atoms with van der Waals surface area (Å²) in [5.74, 6) is 0.540. The number of halogens is 1. The monoisotopic (exact) mass is 365 g/mol. The second kappa shape index (κ2) is 7.62. The highest BCUT2D eigenvalue weighted by Crippen LogP contribution is 2.28. The zero-order valence-corrected chi connectivity index (χ0v) is 15.2. The van der Waals surface area contributed by atoms with Crippen molar-refractivity contribution in [1.29, 1.82) is 0 Å². The Balaban J connectivity index is 1.62. The SMILES string of the molecule is CC1CN(CC(=O)N2CCC(C(N)=O)CC2)Cc2cc(Cl)ccc2O1. The fourth-order valence-corrected chi connectivity index (χ4v) is 3.73. The van der Waals surface area contributed by atoms with E-state index < -0.39 is 0 Å². The molecule has 136 valence electrons. The lowest BCUT2D eigenvalue weighted by molar-refractivity contribution is -0.136. The van der Waals surface area contributed by atoms with Crippen molar-refractivity contribution in [2.24, 2.45) is 11.7 Å². The van der Waals surface area contributed by atoms with Crippen LogP contribution in [0.5, 0.6) is 5.75 Å². The number of rotatable bonds is 3. The number of ether oxygens (including phenoxy) is 1. The largest absolute Gasteiger partial charge is 0.489 e. The Kier molecular flexibility index (Phi) is 5.49. The normalized spacial score (nSPS) is 22.0. The molecule has 0 spiro atoms. The third-order valence-corrected chi connectivity index (χ3v) is 5.10. The number of benzene rings is 1. The zero-order valence-electron chi connectivity index (χ0n) is 14.4. The van der Waals surface area contributed by atoms with Crippen LogP contribution in [0.15, 0.2) is 18.2 Å². The molecule has 1 aromatic rings. The van der Waals surface area contributed by atoms with Crippen LogP contribution in [0.2, 0.25) is 5.02 Å². The first kappa shape index (κ1) is 18.0. The van der Waals surface area contributed by atoms with Crippen molar-refractivity contribution in [3.8, 4) is 5.75 Å². The van der Waals surface area contributed by atoms with Crippen LogP contribution in [-0.4, -0.2) is 53.9 Å². The van der Waals surface area contributed by atoms with E-state index in [0.29, 0.717) is 50.6 Å². The summed E-state index contributed by atoms with van der Waals surface area (Å²) in [5.41, 5.74) is 6.35. The molecule has 1 unspecified atom stereocenters. The maximum Gasteiger partial charge on any atom is 0.236 e. The zero-order chi connectivity index (χ0) is 18.0. The molecule has 1 atom stereocenters. The Hall–Kier alpha value is -1.79. The first-order valence-corrected chi connectivity index (χ1v) is 9.04. The number of amides is 2. The van der Waals surface area contributed by atoms with Crippen molar-refractivity contribution in [3.63, 3.8) is 0 Å². The summed E-state index contributed by atoms with van der Waals surface area (Å²) in [6.07, 6.45) is 1.30. The van der Waals surface area contributed by atoms with Crippen molar-refractivity contribution in [1.82, 2.24) is 9.80 Å². The Morgan fingerprint density at radius 1 is 1.32 bits per heavy atom. The van der Waals surface area contributed by atoms with E-state index in [0.717, 1.165) is 11.3 Å². The first-order valence-electron chi connectivity index (χ1n) is 8.67. The van der Waals surface area contributed by atoms with Crippen molar-refractivity contribution in [2.45, 2.75) is 32.4 Å². The lowest BCUT2D eigenvalue weighted by Crippen LogP contribution is -2.46. The van der Waals surface area contributed by atoms with E-state index in [-0.39, 0.29) is 23.8 Å². The number of likely N-dealkylation sites (tertiary alicyclic amines) is 1. The molecule has 2 amide bonds. The number of carbonyl (C=O) groups is 2. The molecule has 0 aliphatic carbocycles. The van der Waals surface area contributed by atoms with Gasteiger partial charge >= 0.3 is 0 Å². The molecular weight excluding hydrogens is 342 g/mol. The van der Waals surface area contributed by atoms with Gasteiger partial charge in [0, 0.05) is 42.7 Å². The minimum absolute atomic E-state index is 0.00387. The van der Waals surface area contributed by atoms with Gasteiger partial charge in [-0.15, -0.1) is 0 Å². The van der Waals surface area contributed by atoms with Crippen LogP contribution in [-0.2, 0) is 16.1 Å². The number of hydrogen-bond acceptors (Lipinski definition) is 4. The highest BCUT2D eigenvalue weighted by atomic mass is 35.5. The molecule has 3 rings (SSSR count). The summed E-state index contributed by atoms with van der Waals surface area (Å²) >= 11 is 6.09.